The minimum Gasteiger partial charge on any atom is -0.351 e. The molecule has 0 aliphatic carbocycles. The number of nitrogens with one attached hydrogen (secondary N) is 2. The Morgan fingerprint density at radius 1 is 1.08 bits per heavy atom. The van der Waals surface area contributed by atoms with Crippen LogP contribution in [0.1, 0.15) is 11.1 Å². The number of halogens is 1. The summed E-state index contributed by atoms with van der Waals surface area (Å²) in [5.41, 5.74) is 1.74. The lowest BCUT2D eigenvalue weighted by Crippen LogP contribution is -2.47. The first-order valence-electron chi connectivity index (χ1n) is 7.39. The highest BCUT2D eigenvalue weighted by atomic mass is 32.2. The average Bonchev–Trinajstić information content (AvgIpc) is 2.59. The van der Waals surface area contributed by atoms with Crippen molar-refractivity contribution in [1.82, 2.24) is 10.0 Å². The van der Waals surface area contributed by atoms with Crippen molar-refractivity contribution in [2.45, 2.75) is 24.4 Å². The fourth-order valence-electron chi connectivity index (χ4n) is 2.04. The molecule has 1 amide bonds. The zero-order chi connectivity index (χ0) is 17.6. The summed E-state index contributed by atoms with van der Waals surface area (Å²) >= 11 is 0. The van der Waals surface area contributed by atoms with E-state index in [1.807, 2.05) is 25.1 Å². The number of sulfonamides is 1. The topological polar surface area (TPSA) is 75.3 Å². The normalized spacial score (nSPS) is 12.6. The standard InChI is InChI=1S/C17H19FN2O3S/c1-13-7-9-15(10-8-13)24(22,23)20-16(11-18)17(21)19-12-14-5-3-2-4-6-14/h2-10,16,20H,11-12H2,1H3,(H,19,21)/i18-1. The maximum Gasteiger partial charge on any atom is 0.241 e. The van der Waals surface area contributed by atoms with E-state index in [-0.39, 0.29) is 11.4 Å². The van der Waals surface area contributed by atoms with Crippen LogP contribution in [0.3, 0.4) is 0 Å². The zero-order valence-electron chi connectivity index (χ0n) is 13.2. The largest absolute Gasteiger partial charge is 0.351 e. The Morgan fingerprint density at radius 2 is 1.71 bits per heavy atom. The third kappa shape index (κ3) is 4.87. The molecule has 0 saturated carbocycles. The number of carbonyl (C=O) groups excluding carboxylic acids is 1. The summed E-state index contributed by atoms with van der Waals surface area (Å²) in [6.45, 7) is 0.888. The lowest BCUT2D eigenvalue weighted by Gasteiger charge is -2.16. The molecular weight excluding hydrogens is 330 g/mol. The monoisotopic (exact) mass is 349 g/mol. The summed E-state index contributed by atoms with van der Waals surface area (Å²) in [6.07, 6.45) is 0. The van der Waals surface area contributed by atoms with Gasteiger partial charge in [-0.05, 0) is 24.6 Å². The molecule has 0 aliphatic heterocycles. The molecule has 0 aromatic heterocycles. The van der Waals surface area contributed by atoms with Gasteiger partial charge >= 0.3 is 0 Å². The zero-order valence-corrected chi connectivity index (χ0v) is 14.0. The van der Waals surface area contributed by atoms with Crippen molar-refractivity contribution >= 4 is 15.9 Å². The molecule has 0 bridgehead atoms. The van der Waals surface area contributed by atoms with E-state index in [1.54, 1.807) is 24.3 Å². The first-order valence-corrected chi connectivity index (χ1v) is 8.87. The number of aryl methyl sites for hydroxylation is 1. The van der Waals surface area contributed by atoms with E-state index >= 15 is 0 Å². The lowest BCUT2D eigenvalue weighted by molar-refractivity contribution is -0.123. The molecule has 1 atom stereocenters. The van der Waals surface area contributed by atoms with E-state index in [1.165, 1.54) is 12.1 Å². The Labute approximate surface area is 141 Å². The number of benzene rings is 2. The molecule has 5 nitrogen and oxygen atoms in total. The number of hydrogen-bond acceptors (Lipinski definition) is 3. The predicted octanol–water partition coefficient (Wildman–Crippen LogP) is 1.93. The quantitative estimate of drug-likeness (QED) is 0.802. The second kappa shape index (κ2) is 8.03. The van der Waals surface area contributed by atoms with Gasteiger partial charge in [0.2, 0.25) is 15.9 Å². The van der Waals surface area contributed by atoms with Gasteiger partial charge in [-0.3, -0.25) is 4.79 Å². The van der Waals surface area contributed by atoms with Crippen LogP contribution in [0.2, 0.25) is 0 Å². The summed E-state index contributed by atoms with van der Waals surface area (Å²) in [7, 11) is -3.97. The van der Waals surface area contributed by atoms with E-state index in [2.05, 4.69) is 10.0 Å². The Hall–Kier alpha value is -2.25. The van der Waals surface area contributed by atoms with Gasteiger partial charge in [0.1, 0.15) is 12.7 Å². The van der Waals surface area contributed by atoms with Gasteiger partial charge in [0.25, 0.3) is 0 Å². The highest BCUT2D eigenvalue weighted by molar-refractivity contribution is 7.89. The molecule has 0 spiro atoms. The lowest BCUT2D eigenvalue weighted by atomic mass is 10.2. The van der Waals surface area contributed by atoms with Crippen molar-refractivity contribution in [3.8, 4) is 0 Å². The Bertz CT molecular complexity index is 777. The third-order valence-corrected chi connectivity index (χ3v) is 4.90. The summed E-state index contributed by atoms with van der Waals surface area (Å²) in [5.74, 6) is -0.711. The molecule has 1 unspecified atom stereocenters. The molecular formula is C17H19FN2O3S. The van der Waals surface area contributed by atoms with E-state index in [0.717, 1.165) is 11.1 Å². The van der Waals surface area contributed by atoms with Crippen LogP contribution in [0, 0.1) is 6.92 Å². The minimum atomic E-state index is -3.97. The number of amides is 1. The van der Waals surface area contributed by atoms with E-state index in [9.17, 15) is 17.6 Å². The van der Waals surface area contributed by atoms with Crippen molar-refractivity contribution < 1.29 is 17.6 Å². The number of hydrogen-bond donors (Lipinski definition) is 2. The van der Waals surface area contributed by atoms with Gasteiger partial charge in [0, 0.05) is 6.54 Å². The van der Waals surface area contributed by atoms with Crippen LogP contribution in [0.4, 0.5) is 4.39 Å². The highest BCUT2D eigenvalue weighted by Gasteiger charge is 2.25. The van der Waals surface area contributed by atoms with Gasteiger partial charge in [-0.2, -0.15) is 4.72 Å². The van der Waals surface area contributed by atoms with E-state index in [0.29, 0.717) is 0 Å². The maximum atomic E-state index is 13.2. The summed E-state index contributed by atoms with van der Waals surface area (Å²) in [5, 5.41) is 2.53. The van der Waals surface area contributed by atoms with Gasteiger partial charge in [-0.25, -0.2) is 12.8 Å². The van der Waals surface area contributed by atoms with Crippen LogP contribution in [0.25, 0.3) is 0 Å². The van der Waals surface area contributed by atoms with Crippen LogP contribution < -0.4 is 10.0 Å². The summed E-state index contributed by atoms with van der Waals surface area (Å²) in [6, 6.07) is 13.7. The summed E-state index contributed by atoms with van der Waals surface area (Å²) in [4.78, 5) is 12.0. The van der Waals surface area contributed by atoms with Gasteiger partial charge in [0.15, 0.2) is 0 Å². The van der Waals surface area contributed by atoms with Gasteiger partial charge in [-0.15, -0.1) is 0 Å². The fourth-order valence-corrected chi connectivity index (χ4v) is 3.21. The second-order valence-electron chi connectivity index (χ2n) is 5.34. The SMILES string of the molecule is Cc1ccc(S(=O)(=O)NC(C[18F])C(=O)NCc2ccccc2)cc1. The Kier molecular flexibility index (Phi) is 6.05. The van der Waals surface area contributed by atoms with Gasteiger partial charge in [0.05, 0.1) is 4.90 Å². The predicted molar refractivity (Wildman–Crippen MR) is 89.6 cm³/mol. The van der Waals surface area contributed by atoms with Crippen LogP contribution >= 0.6 is 0 Å². The van der Waals surface area contributed by atoms with Crippen LogP contribution in [0.15, 0.2) is 59.5 Å². The molecule has 24 heavy (non-hydrogen) atoms. The minimum absolute atomic E-state index is 0.0117. The van der Waals surface area contributed by atoms with E-state index < -0.39 is 28.6 Å². The van der Waals surface area contributed by atoms with Crippen LogP contribution in [-0.2, 0) is 21.4 Å². The average molecular weight is 349 g/mol. The molecule has 2 rings (SSSR count). The molecule has 7 heteroatoms. The molecule has 128 valence electrons. The molecule has 0 radical (unpaired) electrons. The molecule has 2 aromatic carbocycles. The second-order valence-corrected chi connectivity index (χ2v) is 7.06. The molecule has 0 aliphatic rings. The van der Waals surface area contributed by atoms with Gasteiger partial charge < -0.3 is 5.32 Å². The molecule has 2 aromatic rings. The third-order valence-electron chi connectivity index (χ3n) is 3.41. The van der Waals surface area contributed by atoms with Crippen LogP contribution in [-0.4, -0.2) is 27.0 Å². The molecule has 0 fully saturated rings. The number of rotatable bonds is 7. The smallest absolute Gasteiger partial charge is 0.241 e. The number of alkyl halides is 1. The molecule has 0 heterocycles. The Morgan fingerprint density at radius 3 is 2.29 bits per heavy atom. The van der Waals surface area contributed by atoms with Crippen molar-refractivity contribution in [2.24, 2.45) is 0 Å². The maximum absolute atomic E-state index is 13.2. The number of carbonyl (C=O) groups is 1. The first kappa shape index (κ1) is 18.1. The van der Waals surface area contributed by atoms with Crippen LogP contribution in [0.5, 0.6) is 0 Å². The van der Waals surface area contributed by atoms with Crippen molar-refractivity contribution in [2.75, 3.05) is 6.67 Å². The summed E-state index contributed by atoms with van der Waals surface area (Å²) < 4.78 is 39.7. The van der Waals surface area contributed by atoms with Crippen molar-refractivity contribution in [3.63, 3.8) is 0 Å². The molecule has 0 saturated heterocycles. The first-order chi connectivity index (χ1) is 11.4. The van der Waals surface area contributed by atoms with E-state index in [4.69, 9.17) is 0 Å². The molecule has 2 N–H and O–H groups in total. The Balaban J connectivity index is 2.02. The fraction of sp³-hybridized carbons (Fsp3) is 0.235. The highest BCUT2D eigenvalue weighted by Crippen LogP contribution is 2.11. The van der Waals surface area contributed by atoms with Gasteiger partial charge in [-0.1, -0.05) is 48.0 Å². The van der Waals surface area contributed by atoms with Crippen molar-refractivity contribution in [1.29, 1.82) is 0 Å². The van der Waals surface area contributed by atoms with Crippen molar-refractivity contribution in [3.05, 3.63) is 65.7 Å².